The summed E-state index contributed by atoms with van der Waals surface area (Å²) in [5.74, 6) is 0. The van der Waals surface area contributed by atoms with Crippen LogP contribution in [-0.4, -0.2) is 21.5 Å². The van der Waals surface area contributed by atoms with Gasteiger partial charge in [0, 0.05) is 18.8 Å². The number of para-hydroxylation sites is 3. The predicted octanol–water partition coefficient (Wildman–Crippen LogP) is 6.25. The maximum atomic E-state index is 6.24. The molecule has 4 heteroatoms. The lowest BCUT2D eigenvalue weighted by Crippen LogP contribution is -2.41. The van der Waals surface area contributed by atoms with E-state index >= 15 is 0 Å². The van der Waals surface area contributed by atoms with Crippen LogP contribution >= 0.6 is 0 Å². The number of rotatable bonds is 8. The Hall–Kier alpha value is -1.78. The predicted molar refractivity (Wildman–Crippen MR) is 112 cm³/mol. The van der Waals surface area contributed by atoms with Gasteiger partial charge in [0.25, 0.3) is 0 Å². The number of anilines is 3. The Morgan fingerprint density at radius 1 is 0.880 bits per heavy atom. The van der Waals surface area contributed by atoms with Crippen molar-refractivity contribution in [1.29, 1.82) is 0 Å². The molecule has 0 saturated heterocycles. The summed E-state index contributed by atoms with van der Waals surface area (Å²) in [5.41, 5.74) is 3.32. The van der Waals surface area contributed by atoms with Gasteiger partial charge in [0.05, 0.1) is 11.4 Å². The molecule has 0 spiro atoms. The van der Waals surface area contributed by atoms with Gasteiger partial charge in [0.1, 0.15) is 0 Å². The van der Waals surface area contributed by atoms with Crippen LogP contribution in [0.5, 0.6) is 0 Å². The zero-order chi connectivity index (χ0) is 18.3. The molecule has 3 nitrogen and oxygen atoms in total. The van der Waals surface area contributed by atoms with Gasteiger partial charge in [-0.15, -0.1) is 0 Å². The van der Waals surface area contributed by atoms with Crippen molar-refractivity contribution in [3.05, 3.63) is 54.6 Å². The van der Waals surface area contributed by atoms with E-state index in [1.54, 1.807) is 0 Å². The molecule has 0 heterocycles. The van der Waals surface area contributed by atoms with E-state index in [0.717, 1.165) is 36.6 Å². The Labute approximate surface area is 153 Å². The summed E-state index contributed by atoms with van der Waals surface area (Å²) in [6, 6.07) is 18.6. The molecule has 0 aliphatic heterocycles. The molecule has 2 aromatic carbocycles. The molecule has 0 fully saturated rings. The van der Waals surface area contributed by atoms with Gasteiger partial charge < -0.3 is 15.1 Å². The number of benzene rings is 2. The second-order valence-electron chi connectivity index (χ2n) is 7.93. The Bertz CT molecular complexity index is 650. The lowest BCUT2D eigenvalue weighted by atomic mass is 10.2. The first kappa shape index (κ1) is 19.5. The van der Waals surface area contributed by atoms with E-state index in [4.69, 9.17) is 4.43 Å². The minimum Gasteiger partial charge on any atom is -0.417 e. The SMILES string of the molecule is CC(C)(C)[Si](C)(C)OCCCNc1ccccc1Nc1ccccc1. The monoisotopic (exact) mass is 356 g/mol. The minimum atomic E-state index is -1.64. The summed E-state index contributed by atoms with van der Waals surface area (Å²) in [6.45, 7) is 13.2. The van der Waals surface area contributed by atoms with E-state index in [0.29, 0.717) is 0 Å². The van der Waals surface area contributed by atoms with Crippen LogP contribution in [0, 0.1) is 0 Å². The van der Waals surface area contributed by atoms with Crippen LogP contribution in [0.1, 0.15) is 27.2 Å². The first-order valence-electron chi connectivity index (χ1n) is 9.08. The van der Waals surface area contributed by atoms with Crippen molar-refractivity contribution in [2.45, 2.75) is 45.3 Å². The molecular formula is C21H32N2OSi. The van der Waals surface area contributed by atoms with E-state index in [1.807, 2.05) is 18.2 Å². The van der Waals surface area contributed by atoms with Crippen molar-refractivity contribution in [3.8, 4) is 0 Å². The van der Waals surface area contributed by atoms with Gasteiger partial charge >= 0.3 is 0 Å². The molecule has 0 unspecified atom stereocenters. The molecule has 2 N–H and O–H groups in total. The van der Waals surface area contributed by atoms with Gasteiger partial charge in [0.15, 0.2) is 8.32 Å². The Kier molecular flexibility index (Phi) is 6.68. The molecule has 0 aliphatic carbocycles. The lowest BCUT2D eigenvalue weighted by Gasteiger charge is -2.36. The highest BCUT2D eigenvalue weighted by molar-refractivity contribution is 6.74. The second kappa shape index (κ2) is 8.54. The third-order valence-electron chi connectivity index (χ3n) is 4.89. The zero-order valence-electron chi connectivity index (χ0n) is 16.2. The van der Waals surface area contributed by atoms with Crippen LogP contribution < -0.4 is 10.6 Å². The summed E-state index contributed by atoms with van der Waals surface area (Å²) >= 11 is 0. The molecule has 0 bridgehead atoms. The standard InChI is InChI=1S/C21H32N2OSi/c1-21(2,3)25(4,5)24-17-11-16-22-19-14-9-10-15-20(19)23-18-12-7-6-8-13-18/h6-10,12-15,22-23H,11,16-17H2,1-5H3. The van der Waals surface area contributed by atoms with Crippen molar-refractivity contribution >= 4 is 25.4 Å². The van der Waals surface area contributed by atoms with Gasteiger partial charge in [-0.25, -0.2) is 0 Å². The maximum absolute atomic E-state index is 6.24. The summed E-state index contributed by atoms with van der Waals surface area (Å²) in [4.78, 5) is 0. The molecule has 2 rings (SSSR count). The van der Waals surface area contributed by atoms with Crippen molar-refractivity contribution in [2.24, 2.45) is 0 Å². The minimum absolute atomic E-state index is 0.270. The molecule has 0 radical (unpaired) electrons. The van der Waals surface area contributed by atoms with Crippen molar-refractivity contribution in [3.63, 3.8) is 0 Å². The van der Waals surface area contributed by atoms with Gasteiger partial charge in [-0.05, 0) is 48.8 Å². The topological polar surface area (TPSA) is 33.3 Å². The Morgan fingerprint density at radius 3 is 2.12 bits per heavy atom. The van der Waals surface area contributed by atoms with E-state index < -0.39 is 8.32 Å². The van der Waals surface area contributed by atoms with Gasteiger partial charge in [0.2, 0.25) is 0 Å². The summed E-state index contributed by atoms with van der Waals surface area (Å²) in [6.07, 6.45) is 1.01. The summed E-state index contributed by atoms with van der Waals surface area (Å²) < 4.78 is 6.24. The average molecular weight is 357 g/mol. The number of hydrogen-bond acceptors (Lipinski definition) is 3. The highest BCUT2D eigenvalue weighted by atomic mass is 28.4. The molecule has 0 atom stereocenters. The van der Waals surface area contributed by atoms with Gasteiger partial charge in [-0.1, -0.05) is 51.1 Å². The molecular weight excluding hydrogens is 324 g/mol. The van der Waals surface area contributed by atoms with Crippen LogP contribution in [0.4, 0.5) is 17.1 Å². The van der Waals surface area contributed by atoms with Crippen LogP contribution in [0.25, 0.3) is 0 Å². The van der Waals surface area contributed by atoms with E-state index in [2.05, 4.69) is 80.9 Å². The first-order valence-corrected chi connectivity index (χ1v) is 12.0. The fourth-order valence-electron chi connectivity index (χ4n) is 2.26. The van der Waals surface area contributed by atoms with E-state index in [9.17, 15) is 0 Å². The van der Waals surface area contributed by atoms with Crippen LogP contribution in [0.2, 0.25) is 18.1 Å². The van der Waals surface area contributed by atoms with Crippen LogP contribution in [0.3, 0.4) is 0 Å². The van der Waals surface area contributed by atoms with Gasteiger partial charge in [-0.2, -0.15) is 0 Å². The Balaban J connectivity index is 1.84. The molecule has 0 saturated carbocycles. The zero-order valence-corrected chi connectivity index (χ0v) is 17.2. The third-order valence-corrected chi connectivity index (χ3v) is 9.42. The highest BCUT2D eigenvalue weighted by Crippen LogP contribution is 2.36. The molecule has 25 heavy (non-hydrogen) atoms. The van der Waals surface area contributed by atoms with Crippen molar-refractivity contribution < 1.29 is 4.43 Å². The Morgan fingerprint density at radius 2 is 1.48 bits per heavy atom. The summed E-state index contributed by atoms with van der Waals surface area (Å²) in [7, 11) is -1.64. The molecule has 0 aliphatic rings. The van der Waals surface area contributed by atoms with Crippen LogP contribution in [-0.2, 0) is 4.43 Å². The normalized spacial score (nSPS) is 12.0. The van der Waals surface area contributed by atoms with E-state index in [1.165, 1.54) is 0 Å². The van der Waals surface area contributed by atoms with Gasteiger partial charge in [-0.3, -0.25) is 0 Å². The number of nitrogens with one attached hydrogen (secondary N) is 2. The fourth-order valence-corrected chi connectivity index (χ4v) is 3.35. The van der Waals surface area contributed by atoms with Crippen LogP contribution in [0.15, 0.2) is 54.6 Å². The van der Waals surface area contributed by atoms with E-state index in [-0.39, 0.29) is 5.04 Å². The quantitative estimate of drug-likeness (QED) is 0.433. The molecule has 0 amide bonds. The molecule has 2 aromatic rings. The largest absolute Gasteiger partial charge is 0.417 e. The van der Waals surface area contributed by atoms with Crippen molar-refractivity contribution in [2.75, 3.05) is 23.8 Å². The summed E-state index contributed by atoms with van der Waals surface area (Å²) in [5, 5.41) is 7.27. The fraction of sp³-hybridized carbons (Fsp3) is 0.429. The average Bonchev–Trinajstić information content (AvgIpc) is 2.56. The number of hydrogen-bond donors (Lipinski definition) is 2. The second-order valence-corrected chi connectivity index (χ2v) is 12.7. The highest BCUT2D eigenvalue weighted by Gasteiger charge is 2.36. The smallest absolute Gasteiger partial charge is 0.191 e. The first-order chi connectivity index (χ1) is 11.8. The molecule has 136 valence electrons. The molecule has 0 aromatic heterocycles. The van der Waals surface area contributed by atoms with Crippen molar-refractivity contribution in [1.82, 2.24) is 0 Å². The third kappa shape index (κ3) is 5.90. The maximum Gasteiger partial charge on any atom is 0.191 e. The lowest BCUT2D eigenvalue weighted by molar-refractivity contribution is 0.286.